The first-order valence-corrected chi connectivity index (χ1v) is 8.10. The lowest BCUT2D eigenvalue weighted by Crippen LogP contribution is -2.19. The van der Waals surface area contributed by atoms with E-state index in [1.807, 2.05) is 13.0 Å². The van der Waals surface area contributed by atoms with Gasteiger partial charge in [-0.05, 0) is 13.3 Å². The molecule has 114 valence electrons. The van der Waals surface area contributed by atoms with E-state index in [0.29, 0.717) is 0 Å². The average Bonchev–Trinajstić information content (AvgIpc) is 2.34. The summed E-state index contributed by atoms with van der Waals surface area (Å²) in [7, 11) is 0. The Labute approximate surface area is 126 Å². The minimum Gasteiger partial charge on any atom is -0.392 e. The highest BCUT2D eigenvalue weighted by molar-refractivity contribution is 7.99. The zero-order valence-electron chi connectivity index (χ0n) is 13.4. The summed E-state index contributed by atoms with van der Waals surface area (Å²) in [6.07, 6.45) is 0.696. The van der Waals surface area contributed by atoms with Crippen LogP contribution < -0.4 is 5.32 Å². The molecule has 0 saturated carbocycles. The van der Waals surface area contributed by atoms with Crippen molar-refractivity contribution in [2.24, 2.45) is 0 Å². The molecule has 0 aliphatic rings. The molecule has 0 fully saturated rings. The van der Waals surface area contributed by atoms with Gasteiger partial charge in [-0.25, -0.2) is 9.97 Å². The van der Waals surface area contributed by atoms with Crippen molar-refractivity contribution in [2.45, 2.75) is 69.8 Å². The highest BCUT2D eigenvalue weighted by atomic mass is 32.2. The quantitative estimate of drug-likeness (QED) is 0.622. The molecule has 2 unspecified atom stereocenters. The maximum Gasteiger partial charge on any atom is 0.137 e. The molecule has 0 aliphatic heterocycles. The first kappa shape index (κ1) is 17.2. The molecular formula is C15H27N3OS. The predicted molar refractivity (Wildman–Crippen MR) is 86.5 cm³/mol. The fourth-order valence-corrected chi connectivity index (χ4v) is 2.35. The van der Waals surface area contributed by atoms with Crippen LogP contribution in [0.5, 0.6) is 0 Å². The Bertz CT molecular complexity index is 430. The SMILES string of the molecule is CCCNc1cc(SC(C)C(C)O)nc(C(C)(C)C)n1. The molecular weight excluding hydrogens is 270 g/mol. The zero-order valence-corrected chi connectivity index (χ0v) is 14.2. The summed E-state index contributed by atoms with van der Waals surface area (Å²) in [5.74, 6) is 1.70. The van der Waals surface area contributed by atoms with Gasteiger partial charge in [0.1, 0.15) is 16.7 Å². The van der Waals surface area contributed by atoms with Crippen molar-refractivity contribution >= 4 is 17.6 Å². The summed E-state index contributed by atoms with van der Waals surface area (Å²) in [5, 5.41) is 14.0. The first-order chi connectivity index (χ1) is 9.24. The normalized spacial score (nSPS) is 14.9. The number of hydrogen-bond donors (Lipinski definition) is 2. The monoisotopic (exact) mass is 297 g/mol. The third-order valence-electron chi connectivity index (χ3n) is 2.92. The summed E-state index contributed by atoms with van der Waals surface area (Å²) in [5.41, 5.74) is -0.0900. The fourth-order valence-electron chi connectivity index (χ4n) is 1.45. The van der Waals surface area contributed by atoms with Gasteiger partial charge in [0.05, 0.1) is 6.10 Å². The van der Waals surface area contributed by atoms with Crippen molar-refractivity contribution in [3.63, 3.8) is 0 Å². The first-order valence-electron chi connectivity index (χ1n) is 7.22. The number of aromatic nitrogens is 2. The lowest BCUT2D eigenvalue weighted by molar-refractivity contribution is 0.196. The number of nitrogens with zero attached hydrogens (tertiary/aromatic N) is 2. The van der Waals surface area contributed by atoms with E-state index in [1.165, 1.54) is 0 Å². The minimum atomic E-state index is -0.361. The second-order valence-electron chi connectivity index (χ2n) is 6.16. The van der Waals surface area contributed by atoms with Crippen molar-refractivity contribution in [3.05, 3.63) is 11.9 Å². The highest BCUT2D eigenvalue weighted by Crippen LogP contribution is 2.28. The molecule has 1 aromatic rings. The Kier molecular flexibility index (Phi) is 6.27. The molecule has 0 aliphatic carbocycles. The summed E-state index contributed by atoms with van der Waals surface area (Å²) < 4.78 is 0. The Hall–Kier alpha value is -0.810. The Morgan fingerprint density at radius 2 is 1.95 bits per heavy atom. The third kappa shape index (κ3) is 5.29. The van der Waals surface area contributed by atoms with E-state index >= 15 is 0 Å². The van der Waals surface area contributed by atoms with Crippen LogP contribution in [0.1, 0.15) is 53.8 Å². The van der Waals surface area contributed by atoms with Crippen molar-refractivity contribution in [3.8, 4) is 0 Å². The Morgan fingerprint density at radius 1 is 1.30 bits per heavy atom. The molecule has 4 nitrogen and oxygen atoms in total. The maximum atomic E-state index is 9.64. The topological polar surface area (TPSA) is 58.0 Å². The van der Waals surface area contributed by atoms with Gasteiger partial charge < -0.3 is 10.4 Å². The van der Waals surface area contributed by atoms with Crippen LogP contribution in [0.25, 0.3) is 0 Å². The molecule has 0 saturated heterocycles. The van der Waals surface area contributed by atoms with Crippen LogP contribution in [0.15, 0.2) is 11.1 Å². The summed E-state index contributed by atoms with van der Waals surface area (Å²) in [4.78, 5) is 9.23. The predicted octanol–water partition coefficient (Wildman–Crippen LogP) is 3.46. The van der Waals surface area contributed by atoms with Crippen molar-refractivity contribution < 1.29 is 5.11 Å². The van der Waals surface area contributed by atoms with E-state index in [0.717, 1.165) is 29.6 Å². The molecule has 1 rings (SSSR count). The number of hydrogen-bond acceptors (Lipinski definition) is 5. The van der Waals surface area contributed by atoms with Gasteiger partial charge in [0.2, 0.25) is 0 Å². The molecule has 1 aromatic heterocycles. The molecule has 1 heterocycles. The second kappa shape index (κ2) is 7.27. The van der Waals surface area contributed by atoms with Crippen molar-refractivity contribution in [1.29, 1.82) is 0 Å². The van der Waals surface area contributed by atoms with E-state index in [4.69, 9.17) is 0 Å². The largest absolute Gasteiger partial charge is 0.392 e. The molecule has 0 bridgehead atoms. The lowest BCUT2D eigenvalue weighted by Gasteiger charge is -2.20. The van der Waals surface area contributed by atoms with Crippen LogP contribution >= 0.6 is 11.8 Å². The van der Waals surface area contributed by atoms with E-state index in [1.54, 1.807) is 18.7 Å². The van der Waals surface area contributed by atoms with Gasteiger partial charge in [0.15, 0.2) is 0 Å². The standard InChI is InChI=1S/C15H27N3OS/c1-7-8-16-12-9-13(20-11(3)10(2)19)18-14(17-12)15(4,5)6/h9-11,19H,7-8H2,1-6H3,(H,16,17,18). The summed E-state index contributed by atoms with van der Waals surface area (Å²) in [6, 6.07) is 1.97. The third-order valence-corrected chi connectivity index (χ3v) is 4.13. The number of nitrogens with one attached hydrogen (secondary N) is 1. The van der Waals surface area contributed by atoms with Gasteiger partial charge in [-0.3, -0.25) is 0 Å². The van der Waals surface area contributed by atoms with E-state index in [-0.39, 0.29) is 16.8 Å². The van der Waals surface area contributed by atoms with Crippen molar-refractivity contribution in [1.82, 2.24) is 9.97 Å². The second-order valence-corrected chi connectivity index (χ2v) is 7.55. The molecule has 0 amide bonds. The van der Waals surface area contributed by atoms with Gasteiger partial charge in [-0.1, -0.05) is 34.6 Å². The molecule has 0 spiro atoms. The lowest BCUT2D eigenvalue weighted by atomic mass is 9.96. The van der Waals surface area contributed by atoms with Crippen molar-refractivity contribution in [2.75, 3.05) is 11.9 Å². The van der Waals surface area contributed by atoms with Crippen LogP contribution in [-0.2, 0) is 5.41 Å². The molecule has 0 radical (unpaired) electrons. The molecule has 2 N–H and O–H groups in total. The van der Waals surface area contributed by atoms with Gasteiger partial charge in [-0.2, -0.15) is 0 Å². The number of rotatable bonds is 6. The van der Waals surface area contributed by atoms with Crippen LogP contribution in [0.3, 0.4) is 0 Å². The van der Waals surface area contributed by atoms with Gasteiger partial charge in [0.25, 0.3) is 0 Å². The van der Waals surface area contributed by atoms with Gasteiger partial charge in [-0.15, -0.1) is 11.8 Å². The van der Waals surface area contributed by atoms with Crippen LogP contribution in [0, 0.1) is 0 Å². The van der Waals surface area contributed by atoms with E-state index in [2.05, 4.69) is 43.0 Å². The number of thioether (sulfide) groups is 1. The number of aliphatic hydroxyl groups excluding tert-OH is 1. The molecule has 0 aromatic carbocycles. The van der Waals surface area contributed by atoms with Crippen LogP contribution in [0.4, 0.5) is 5.82 Å². The van der Waals surface area contributed by atoms with Crippen LogP contribution in [-0.4, -0.2) is 33.0 Å². The molecule has 20 heavy (non-hydrogen) atoms. The number of aliphatic hydroxyl groups is 1. The molecule has 5 heteroatoms. The van der Waals surface area contributed by atoms with Crippen LogP contribution in [0.2, 0.25) is 0 Å². The maximum absolute atomic E-state index is 9.64. The average molecular weight is 297 g/mol. The fraction of sp³-hybridized carbons (Fsp3) is 0.733. The summed E-state index contributed by atoms with van der Waals surface area (Å²) >= 11 is 1.59. The van der Waals surface area contributed by atoms with Gasteiger partial charge >= 0.3 is 0 Å². The van der Waals surface area contributed by atoms with E-state index in [9.17, 15) is 5.11 Å². The van der Waals surface area contributed by atoms with E-state index < -0.39 is 0 Å². The zero-order chi connectivity index (χ0) is 15.3. The highest BCUT2D eigenvalue weighted by Gasteiger charge is 2.20. The Balaban J connectivity index is 3.03. The smallest absolute Gasteiger partial charge is 0.137 e. The number of anilines is 1. The van der Waals surface area contributed by atoms with Gasteiger partial charge in [0, 0.05) is 23.3 Å². The summed E-state index contributed by atoms with van der Waals surface area (Å²) in [6.45, 7) is 13.2. The molecule has 2 atom stereocenters. The Morgan fingerprint density at radius 3 is 2.45 bits per heavy atom. The minimum absolute atomic E-state index is 0.0900.